The fourth-order valence-corrected chi connectivity index (χ4v) is 2.90. The lowest BCUT2D eigenvalue weighted by molar-refractivity contribution is -0.147. The van der Waals surface area contributed by atoms with Crippen LogP contribution in [0.1, 0.15) is 38.5 Å². The van der Waals surface area contributed by atoms with Crippen molar-refractivity contribution < 1.29 is 23.9 Å². The highest BCUT2D eigenvalue weighted by Crippen LogP contribution is 2.25. The molecular formula is C14H20N2O5. The van der Waals surface area contributed by atoms with Gasteiger partial charge in [-0.15, -0.1) is 0 Å². The van der Waals surface area contributed by atoms with Crippen molar-refractivity contribution >= 4 is 23.6 Å². The Bertz CT molecular complexity index is 462. The van der Waals surface area contributed by atoms with Gasteiger partial charge in [0, 0.05) is 19.3 Å². The molecule has 0 spiro atoms. The van der Waals surface area contributed by atoms with Gasteiger partial charge in [0.05, 0.1) is 7.11 Å². The Labute approximate surface area is 122 Å². The third kappa shape index (κ3) is 3.80. The molecule has 7 nitrogen and oxygen atoms in total. The molecular weight excluding hydrogens is 276 g/mol. The van der Waals surface area contributed by atoms with Gasteiger partial charge in [0.1, 0.15) is 17.9 Å². The largest absolute Gasteiger partial charge is 0.467 e. The van der Waals surface area contributed by atoms with Crippen LogP contribution in [-0.4, -0.2) is 42.8 Å². The Morgan fingerprint density at radius 2 is 2.05 bits per heavy atom. The van der Waals surface area contributed by atoms with Crippen molar-refractivity contribution in [2.75, 3.05) is 7.11 Å². The van der Waals surface area contributed by atoms with Crippen LogP contribution in [0.15, 0.2) is 0 Å². The molecule has 0 aromatic carbocycles. The zero-order valence-corrected chi connectivity index (χ0v) is 12.0. The molecule has 2 N–H and O–H groups in total. The second kappa shape index (κ2) is 6.69. The summed E-state index contributed by atoms with van der Waals surface area (Å²) in [7, 11) is 1.25. The molecule has 2 amide bonds. The number of methoxy groups -OCH3 is 1. The van der Waals surface area contributed by atoms with Crippen LogP contribution in [0.3, 0.4) is 0 Å². The molecule has 1 saturated carbocycles. The maximum Gasteiger partial charge on any atom is 0.328 e. The Balaban J connectivity index is 2.02. The van der Waals surface area contributed by atoms with Crippen molar-refractivity contribution in [1.29, 1.82) is 0 Å². The van der Waals surface area contributed by atoms with Crippen molar-refractivity contribution in [3.05, 3.63) is 0 Å². The van der Waals surface area contributed by atoms with Crippen LogP contribution in [0.4, 0.5) is 0 Å². The standard InChI is InChI=1S/C14H20N2O5/c1-21-14(20)12(8-3-2-4-9(17)7-8)16-13(19)10-5-6-11(18)15-10/h8,10,12H,2-7H2,1H3,(H,15,18)(H,16,19)/t8-,10+,12+/m1/s1. The third-order valence-electron chi connectivity index (χ3n) is 4.06. The van der Waals surface area contributed by atoms with Crippen molar-refractivity contribution in [2.45, 2.75) is 50.6 Å². The van der Waals surface area contributed by atoms with Gasteiger partial charge in [-0.1, -0.05) is 0 Å². The van der Waals surface area contributed by atoms with Crippen molar-refractivity contribution in [2.24, 2.45) is 5.92 Å². The molecule has 0 radical (unpaired) electrons. The van der Waals surface area contributed by atoms with Crippen LogP contribution < -0.4 is 10.6 Å². The van der Waals surface area contributed by atoms with E-state index in [-0.39, 0.29) is 24.0 Å². The van der Waals surface area contributed by atoms with Crippen molar-refractivity contribution in [3.8, 4) is 0 Å². The predicted molar refractivity (Wildman–Crippen MR) is 72.1 cm³/mol. The van der Waals surface area contributed by atoms with Gasteiger partial charge in [-0.3, -0.25) is 14.4 Å². The second-order valence-electron chi connectivity index (χ2n) is 5.56. The summed E-state index contributed by atoms with van der Waals surface area (Å²) in [5, 5.41) is 5.20. The molecule has 0 aromatic rings. The lowest BCUT2D eigenvalue weighted by Crippen LogP contribution is -2.52. The maximum absolute atomic E-state index is 12.1. The van der Waals surface area contributed by atoms with Crippen LogP contribution in [-0.2, 0) is 23.9 Å². The van der Waals surface area contributed by atoms with Crippen molar-refractivity contribution in [1.82, 2.24) is 10.6 Å². The van der Waals surface area contributed by atoms with E-state index >= 15 is 0 Å². The van der Waals surface area contributed by atoms with E-state index < -0.39 is 24.0 Å². The highest BCUT2D eigenvalue weighted by atomic mass is 16.5. The van der Waals surface area contributed by atoms with Crippen LogP contribution in [0, 0.1) is 5.92 Å². The highest BCUT2D eigenvalue weighted by Gasteiger charge is 2.36. The summed E-state index contributed by atoms with van der Waals surface area (Å²) in [6.45, 7) is 0. The average Bonchev–Trinajstić information content (AvgIpc) is 2.90. The van der Waals surface area contributed by atoms with E-state index in [4.69, 9.17) is 4.74 Å². The summed E-state index contributed by atoms with van der Waals surface area (Å²) in [6, 6.07) is -1.44. The molecule has 7 heteroatoms. The first-order valence-electron chi connectivity index (χ1n) is 7.20. The van der Waals surface area contributed by atoms with Gasteiger partial charge in [-0.05, 0) is 25.2 Å². The number of Topliss-reactive ketones (excluding diaryl/α,β-unsaturated/α-hetero) is 1. The van der Waals surface area contributed by atoms with Gasteiger partial charge >= 0.3 is 5.97 Å². The molecule has 3 atom stereocenters. The van der Waals surface area contributed by atoms with Gasteiger partial charge in [0.25, 0.3) is 0 Å². The molecule has 2 rings (SSSR count). The van der Waals surface area contributed by atoms with Gasteiger partial charge < -0.3 is 15.4 Å². The van der Waals surface area contributed by atoms with Gasteiger partial charge in [0.15, 0.2) is 0 Å². The molecule has 2 fully saturated rings. The SMILES string of the molecule is COC(=O)[C@@H](NC(=O)[C@@H]1CCC(=O)N1)[C@@H]1CCCC(=O)C1. The number of ketones is 1. The molecule has 0 aromatic heterocycles. The van der Waals surface area contributed by atoms with Gasteiger partial charge in [0.2, 0.25) is 11.8 Å². The minimum atomic E-state index is -0.829. The Morgan fingerprint density at radius 3 is 2.62 bits per heavy atom. The van der Waals surface area contributed by atoms with Crippen molar-refractivity contribution in [3.63, 3.8) is 0 Å². The zero-order valence-electron chi connectivity index (χ0n) is 12.0. The minimum absolute atomic E-state index is 0.101. The van der Waals surface area contributed by atoms with E-state index in [9.17, 15) is 19.2 Å². The lowest BCUT2D eigenvalue weighted by atomic mass is 9.83. The number of carbonyl (C=O) groups excluding carboxylic acids is 4. The minimum Gasteiger partial charge on any atom is -0.467 e. The van der Waals surface area contributed by atoms with Crippen LogP contribution in [0.2, 0.25) is 0 Å². The van der Waals surface area contributed by atoms with E-state index in [1.165, 1.54) is 7.11 Å². The molecule has 0 unspecified atom stereocenters. The number of ether oxygens (including phenoxy) is 1. The molecule has 0 bridgehead atoms. The number of amides is 2. The first-order chi connectivity index (χ1) is 10.0. The Morgan fingerprint density at radius 1 is 1.29 bits per heavy atom. The number of esters is 1. The predicted octanol–water partition coefficient (Wildman–Crippen LogP) is -0.318. The van der Waals surface area contributed by atoms with E-state index in [0.717, 1.165) is 0 Å². The summed E-state index contributed by atoms with van der Waals surface area (Å²) in [4.78, 5) is 46.7. The number of nitrogens with one attached hydrogen (secondary N) is 2. The molecule has 1 aliphatic heterocycles. The Kier molecular flexibility index (Phi) is 4.93. The molecule has 2 aliphatic rings. The van der Waals surface area contributed by atoms with E-state index in [0.29, 0.717) is 32.1 Å². The third-order valence-corrected chi connectivity index (χ3v) is 4.06. The number of carbonyl (C=O) groups is 4. The number of hydrogen-bond donors (Lipinski definition) is 2. The van der Waals surface area contributed by atoms with E-state index in [2.05, 4.69) is 10.6 Å². The zero-order chi connectivity index (χ0) is 15.4. The number of hydrogen-bond acceptors (Lipinski definition) is 5. The molecule has 1 heterocycles. The number of rotatable bonds is 4. The highest BCUT2D eigenvalue weighted by molar-refractivity contribution is 5.93. The fourth-order valence-electron chi connectivity index (χ4n) is 2.90. The lowest BCUT2D eigenvalue weighted by Gasteiger charge is -2.29. The van der Waals surface area contributed by atoms with E-state index in [1.54, 1.807) is 0 Å². The first kappa shape index (κ1) is 15.5. The summed E-state index contributed by atoms with van der Waals surface area (Å²) in [5.41, 5.74) is 0. The molecule has 1 aliphatic carbocycles. The first-order valence-corrected chi connectivity index (χ1v) is 7.20. The fraction of sp³-hybridized carbons (Fsp3) is 0.714. The maximum atomic E-state index is 12.1. The van der Waals surface area contributed by atoms with Gasteiger partial charge in [-0.2, -0.15) is 0 Å². The van der Waals surface area contributed by atoms with Gasteiger partial charge in [-0.25, -0.2) is 4.79 Å². The summed E-state index contributed by atoms with van der Waals surface area (Å²) < 4.78 is 4.73. The summed E-state index contributed by atoms with van der Waals surface area (Å²) in [6.07, 6.45) is 2.94. The quantitative estimate of drug-likeness (QED) is 0.692. The summed E-state index contributed by atoms with van der Waals surface area (Å²) >= 11 is 0. The average molecular weight is 296 g/mol. The summed E-state index contributed by atoms with van der Waals surface area (Å²) in [5.74, 6) is -1.25. The normalized spacial score (nSPS) is 26.9. The monoisotopic (exact) mass is 296 g/mol. The smallest absolute Gasteiger partial charge is 0.328 e. The van der Waals surface area contributed by atoms with Crippen LogP contribution in [0.5, 0.6) is 0 Å². The topological polar surface area (TPSA) is 102 Å². The second-order valence-corrected chi connectivity index (χ2v) is 5.56. The Hall–Kier alpha value is -1.92. The van der Waals surface area contributed by atoms with Crippen LogP contribution in [0.25, 0.3) is 0 Å². The van der Waals surface area contributed by atoms with Crippen LogP contribution >= 0.6 is 0 Å². The van der Waals surface area contributed by atoms with E-state index in [1.807, 2.05) is 0 Å². The molecule has 116 valence electrons. The molecule has 21 heavy (non-hydrogen) atoms. The molecule has 1 saturated heterocycles.